The summed E-state index contributed by atoms with van der Waals surface area (Å²) in [4.78, 5) is 9.02. The minimum atomic E-state index is 1.17. The molecule has 14 heavy (non-hydrogen) atoms. The fourth-order valence-corrected chi connectivity index (χ4v) is 0.664. The van der Waals surface area contributed by atoms with Crippen LogP contribution in [0.4, 0.5) is 0 Å². The van der Waals surface area contributed by atoms with Crippen LogP contribution in [0.2, 0.25) is 0 Å². The molecule has 0 N–H and O–H groups in total. The van der Waals surface area contributed by atoms with Crippen molar-refractivity contribution in [3.63, 3.8) is 0 Å². The Morgan fingerprint density at radius 2 is 1.64 bits per heavy atom. The Morgan fingerprint density at radius 3 is 1.86 bits per heavy atom. The summed E-state index contributed by atoms with van der Waals surface area (Å²) in [6, 6.07) is 10.0. The van der Waals surface area contributed by atoms with Crippen molar-refractivity contribution in [1.29, 1.82) is 0 Å². The van der Waals surface area contributed by atoms with Gasteiger partial charge in [-0.3, -0.25) is 9.68 Å². The van der Waals surface area contributed by atoms with Gasteiger partial charge < -0.3 is 0 Å². The third kappa shape index (κ3) is 6.37. The maximum atomic E-state index is 4.51. The van der Waals surface area contributed by atoms with E-state index in [1.807, 2.05) is 36.4 Å². The van der Waals surface area contributed by atoms with Crippen molar-refractivity contribution >= 4 is 6.08 Å². The standard InChI is InChI=1S/C8H8.C3H9NO2/c1-2-8-6-4-3-5-7-8;1-4(5-2)6-3/h2-7H,1H2;1-3H3. The Balaban J connectivity index is 0.000000255. The van der Waals surface area contributed by atoms with Gasteiger partial charge in [-0.1, -0.05) is 48.2 Å². The zero-order chi connectivity index (χ0) is 10.8. The van der Waals surface area contributed by atoms with Crippen molar-refractivity contribution in [2.75, 3.05) is 21.3 Å². The van der Waals surface area contributed by atoms with Crippen LogP contribution in [-0.4, -0.2) is 26.5 Å². The molecule has 0 aliphatic carbocycles. The zero-order valence-corrected chi connectivity index (χ0v) is 8.93. The minimum absolute atomic E-state index is 1.17. The number of hydrogen-bond acceptors (Lipinski definition) is 3. The molecule has 1 aromatic rings. The largest absolute Gasteiger partial charge is 0.278 e. The van der Waals surface area contributed by atoms with Crippen LogP contribution in [0.25, 0.3) is 6.08 Å². The summed E-state index contributed by atoms with van der Waals surface area (Å²) >= 11 is 0. The van der Waals surface area contributed by atoms with Crippen molar-refractivity contribution in [3.05, 3.63) is 42.5 Å². The van der Waals surface area contributed by atoms with Gasteiger partial charge in [0.1, 0.15) is 0 Å². The lowest BCUT2D eigenvalue weighted by molar-refractivity contribution is -0.325. The average Bonchev–Trinajstić information content (AvgIpc) is 2.30. The Hall–Kier alpha value is -1.16. The summed E-state index contributed by atoms with van der Waals surface area (Å²) in [7, 11) is 4.73. The molecule has 0 saturated carbocycles. The molecule has 0 heterocycles. The average molecular weight is 195 g/mol. The first-order valence-corrected chi connectivity index (χ1v) is 4.24. The molecule has 78 valence electrons. The number of hydrogen-bond donors (Lipinski definition) is 0. The van der Waals surface area contributed by atoms with E-state index in [2.05, 4.69) is 16.3 Å². The van der Waals surface area contributed by atoms with Gasteiger partial charge in [-0.25, -0.2) is 0 Å². The van der Waals surface area contributed by atoms with Crippen molar-refractivity contribution in [2.45, 2.75) is 0 Å². The molecule has 0 unspecified atom stereocenters. The van der Waals surface area contributed by atoms with Gasteiger partial charge in [0.2, 0.25) is 0 Å². The van der Waals surface area contributed by atoms with Crippen molar-refractivity contribution in [1.82, 2.24) is 5.23 Å². The van der Waals surface area contributed by atoms with Gasteiger partial charge in [0, 0.05) is 7.05 Å². The van der Waals surface area contributed by atoms with Crippen LogP contribution in [0.15, 0.2) is 36.9 Å². The summed E-state index contributed by atoms with van der Waals surface area (Å²) < 4.78 is 0. The highest BCUT2D eigenvalue weighted by Gasteiger charge is 1.81. The SMILES string of the molecule is C=Cc1ccccc1.CON(C)OC. The zero-order valence-electron chi connectivity index (χ0n) is 8.93. The van der Waals surface area contributed by atoms with E-state index in [1.165, 1.54) is 25.0 Å². The van der Waals surface area contributed by atoms with Crippen molar-refractivity contribution < 1.29 is 9.68 Å². The molecule has 0 aliphatic rings. The van der Waals surface area contributed by atoms with E-state index >= 15 is 0 Å². The van der Waals surface area contributed by atoms with Crippen LogP contribution in [-0.2, 0) is 9.68 Å². The molecule has 0 bridgehead atoms. The highest BCUT2D eigenvalue weighted by Crippen LogP contribution is 1.97. The summed E-state index contributed by atoms with van der Waals surface area (Å²) in [5, 5.41) is 1.25. The lowest BCUT2D eigenvalue weighted by Crippen LogP contribution is -2.13. The van der Waals surface area contributed by atoms with E-state index in [-0.39, 0.29) is 0 Å². The maximum Gasteiger partial charge on any atom is 0.0601 e. The fraction of sp³-hybridized carbons (Fsp3) is 0.273. The van der Waals surface area contributed by atoms with E-state index in [0.29, 0.717) is 0 Å². The Bertz CT molecular complexity index is 232. The second-order valence-electron chi connectivity index (χ2n) is 2.42. The second-order valence-corrected chi connectivity index (χ2v) is 2.42. The van der Waals surface area contributed by atoms with Crippen LogP contribution >= 0.6 is 0 Å². The van der Waals surface area contributed by atoms with Crippen LogP contribution in [0.5, 0.6) is 0 Å². The molecule has 0 atom stereocenters. The topological polar surface area (TPSA) is 21.7 Å². The van der Waals surface area contributed by atoms with Gasteiger partial charge in [-0.15, -0.1) is 0 Å². The molecular weight excluding hydrogens is 178 g/mol. The Labute approximate surface area is 85.5 Å². The molecule has 0 amide bonds. The van der Waals surface area contributed by atoms with E-state index in [0.717, 1.165) is 0 Å². The number of benzene rings is 1. The molecule has 0 aromatic heterocycles. The van der Waals surface area contributed by atoms with Crippen LogP contribution in [0, 0.1) is 0 Å². The second kappa shape index (κ2) is 8.44. The smallest absolute Gasteiger partial charge is 0.0601 e. The fourth-order valence-electron chi connectivity index (χ4n) is 0.664. The number of rotatable bonds is 3. The first-order chi connectivity index (χ1) is 6.74. The van der Waals surface area contributed by atoms with E-state index < -0.39 is 0 Å². The van der Waals surface area contributed by atoms with Crippen LogP contribution < -0.4 is 0 Å². The summed E-state index contributed by atoms with van der Waals surface area (Å²) in [5.74, 6) is 0. The molecule has 0 fully saturated rings. The third-order valence-corrected chi connectivity index (χ3v) is 1.55. The Morgan fingerprint density at radius 1 is 1.14 bits per heavy atom. The molecule has 3 nitrogen and oxygen atoms in total. The molecular formula is C11H17NO2. The summed E-state index contributed by atoms with van der Waals surface area (Å²) in [5.41, 5.74) is 1.17. The normalized spacial score (nSPS) is 9.14. The number of nitrogens with zero attached hydrogens (tertiary/aromatic N) is 1. The molecule has 0 spiro atoms. The van der Waals surface area contributed by atoms with Crippen molar-refractivity contribution in [3.8, 4) is 0 Å². The number of hydroxylamine groups is 2. The molecule has 1 aromatic carbocycles. The van der Waals surface area contributed by atoms with Crippen LogP contribution in [0.1, 0.15) is 5.56 Å². The highest BCUT2D eigenvalue weighted by molar-refractivity contribution is 5.45. The third-order valence-electron chi connectivity index (χ3n) is 1.55. The summed E-state index contributed by atoms with van der Waals surface area (Å²) in [6.45, 7) is 3.63. The lowest BCUT2D eigenvalue weighted by Gasteiger charge is -2.06. The molecule has 0 aliphatic heterocycles. The molecule has 0 saturated heterocycles. The first kappa shape index (κ1) is 12.8. The van der Waals surface area contributed by atoms with Gasteiger partial charge in [0.25, 0.3) is 0 Å². The van der Waals surface area contributed by atoms with Gasteiger partial charge in [0.15, 0.2) is 0 Å². The highest BCUT2D eigenvalue weighted by atomic mass is 16.9. The van der Waals surface area contributed by atoms with E-state index in [4.69, 9.17) is 0 Å². The first-order valence-electron chi connectivity index (χ1n) is 4.24. The quantitative estimate of drug-likeness (QED) is 0.691. The lowest BCUT2D eigenvalue weighted by atomic mass is 10.2. The molecule has 3 heteroatoms. The van der Waals surface area contributed by atoms with E-state index in [1.54, 1.807) is 7.05 Å². The van der Waals surface area contributed by atoms with Gasteiger partial charge in [-0.05, 0) is 5.56 Å². The minimum Gasteiger partial charge on any atom is -0.278 e. The van der Waals surface area contributed by atoms with Gasteiger partial charge >= 0.3 is 0 Å². The monoisotopic (exact) mass is 195 g/mol. The maximum absolute atomic E-state index is 4.51. The van der Waals surface area contributed by atoms with E-state index in [9.17, 15) is 0 Å². The predicted octanol–water partition coefficient (Wildman–Crippen LogP) is 2.37. The molecule has 1 rings (SSSR count). The molecule has 0 radical (unpaired) electrons. The van der Waals surface area contributed by atoms with Gasteiger partial charge in [-0.2, -0.15) is 0 Å². The Kier molecular flexibility index (Phi) is 7.74. The van der Waals surface area contributed by atoms with Crippen LogP contribution in [0.3, 0.4) is 0 Å². The summed E-state index contributed by atoms with van der Waals surface area (Å²) in [6.07, 6.45) is 1.83. The predicted molar refractivity (Wildman–Crippen MR) is 58.3 cm³/mol. The van der Waals surface area contributed by atoms with Gasteiger partial charge in [0.05, 0.1) is 14.2 Å². The van der Waals surface area contributed by atoms with Crippen molar-refractivity contribution in [2.24, 2.45) is 0 Å².